The van der Waals surface area contributed by atoms with Crippen LogP contribution in [0.1, 0.15) is 45.9 Å². The third-order valence-electron chi connectivity index (χ3n) is 9.36. The molecule has 1 aliphatic rings. The van der Waals surface area contributed by atoms with E-state index in [1.54, 1.807) is 31.4 Å². The molecule has 0 N–H and O–H groups in total. The van der Waals surface area contributed by atoms with Crippen molar-refractivity contribution in [2.45, 2.75) is 49.3 Å². The van der Waals surface area contributed by atoms with Gasteiger partial charge in [0.2, 0.25) is 0 Å². The van der Waals surface area contributed by atoms with Gasteiger partial charge in [-0.05, 0) is 85.5 Å². The lowest BCUT2D eigenvalue weighted by molar-refractivity contribution is -0.137. The molecule has 9 heteroatoms. The second-order valence-electron chi connectivity index (χ2n) is 12.3. The molecule has 0 bridgehead atoms. The predicted molar refractivity (Wildman–Crippen MR) is 183 cm³/mol. The molecule has 1 aliphatic heterocycles. The minimum absolute atomic E-state index is 0.0211. The van der Waals surface area contributed by atoms with Crippen LogP contribution >= 0.6 is 0 Å². The fraction of sp³-hybridized carbons (Fsp3) is 0.205. The zero-order valence-corrected chi connectivity index (χ0v) is 27.8. The highest BCUT2D eigenvalue weighted by molar-refractivity contribution is 7.90. The monoisotopic (exact) mass is 668 g/mol. The van der Waals surface area contributed by atoms with Crippen molar-refractivity contribution in [1.82, 2.24) is 0 Å². The van der Waals surface area contributed by atoms with Crippen LogP contribution in [0.15, 0.2) is 131 Å². The van der Waals surface area contributed by atoms with E-state index in [4.69, 9.17) is 4.74 Å². The fourth-order valence-corrected chi connectivity index (χ4v) is 7.64. The van der Waals surface area contributed by atoms with Crippen LogP contribution in [0.3, 0.4) is 0 Å². The molecule has 6 rings (SSSR count). The standard InChI is InChI=1S/C39H35F3N2O3S/c1-27-13-17-29(18-14-27)25-44-36-22-19-33(47-4)24-35(36)37(3,30-9-6-5-7-10-30)38(44,31-11-8-12-32(23-31)39(40,41)42)26-43-48(45,46)34-20-15-28(2)16-21-34/h5-24,26H,25H2,1-4H3/b43-26+/t37-,38-/m1/s1. The third-order valence-corrected chi connectivity index (χ3v) is 10.6. The van der Waals surface area contributed by atoms with Crippen LogP contribution in [-0.4, -0.2) is 21.7 Å². The number of aryl methyl sites for hydroxylation is 2. The molecule has 0 amide bonds. The maximum absolute atomic E-state index is 14.4. The van der Waals surface area contributed by atoms with E-state index in [1.165, 1.54) is 24.4 Å². The van der Waals surface area contributed by atoms with E-state index in [2.05, 4.69) is 4.40 Å². The largest absolute Gasteiger partial charge is 0.497 e. The first-order chi connectivity index (χ1) is 22.8. The van der Waals surface area contributed by atoms with E-state index < -0.39 is 32.7 Å². The molecule has 5 aromatic carbocycles. The lowest BCUT2D eigenvalue weighted by Crippen LogP contribution is -2.56. The summed E-state index contributed by atoms with van der Waals surface area (Å²) in [5.41, 5.74) is 1.62. The Morgan fingerprint density at radius 3 is 2.04 bits per heavy atom. The van der Waals surface area contributed by atoms with Crippen molar-refractivity contribution in [3.05, 3.63) is 160 Å². The number of ether oxygens (including phenoxy) is 1. The average Bonchev–Trinajstić information content (AvgIpc) is 3.29. The summed E-state index contributed by atoms with van der Waals surface area (Å²) in [6.45, 7) is 5.99. The van der Waals surface area contributed by atoms with E-state index in [1.807, 2.05) is 92.4 Å². The van der Waals surface area contributed by atoms with E-state index in [0.717, 1.165) is 39.9 Å². The van der Waals surface area contributed by atoms with E-state index in [9.17, 15) is 21.6 Å². The maximum Gasteiger partial charge on any atom is 0.416 e. The number of alkyl halides is 3. The van der Waals surface area contributed by atoms with Gasteiger partial charge in [-0.3, -0.25) is 0 Å². The van der Waals surface area contributed by atoms with Gasteiger partial charge < -0.3 is 9.64 Å². The first-order valence-electron chi connectivity index (χ1n) is 15.4. The number of hydrogen-bond donors (Lipinski definition) is 0. The quantitative estimate of drug-likeness (QED) is 0.155. The van der Waals surface area contributed by atoms with Crippen LogP contribution in [-0.2, 0) is 33.7 Å². The highest BCUT2D eigenvalue weighted by Crippen LogP contribution is 2.60. The molecule has 0 fully saturated rings. The van der Waals surface area contributed by atoms with Gasteiger partial charge in [0.25, 0.3) is 10.0 Å². The molecule has 0 aliphatic carbocycles. The van der Waals surface area contributed by atoms with Crippen LogP contribution in [0.4, 0.5) is 18.9 Å². The first-order valence-corrected chi connectivity index (χ1v) is 16.9. The number of fused-ring (bicyclic) bond motifs is 1. The molecule has 0 unspecified atom stereocenters. The van der Waals surface area contributed by atoms with Crippen molar-refractivity contribution < 1.29 is 26.3 Å². The minimum Gasteiger partial charge on any atom is -0.497 e. The van der Waals surface area contributed by atoms with Crippen LogP contribution in [0, 0.1) is 13.8 Å². The number of hydrogen-bond acceptors (Lipinski definition) is 4. The van der Waals surface area contributed by atoms with Crippen molar-refractivity contribution in [3.63, 3.8) is 0 Å². The highest BCUT2D eigenvalue weighted by atomic mass is 32.2. The predicted octanol–water partition coefficient (Wildman–Crippen LogP) is 9.01. The summed E-state index contributed by atoms with van der Waals surface area (Å²) < 4.78 is 81.0. The third kappa shape index (κ3) is 5.66. The van der Waals surface area contributed by atoms with Gasteiger partial charge in [-0.2, -0.15) is 26.0 Å². The van der Waals surface area contributed by atoms with Gasteiger partial charge in [0, 0.05) is 18.4 Å². The summed E-state index contributed by atoms with van der Waals surface area (Å²) in [7, 11) is -2.74. The highest BCUT2D eigenvalue weighted by Gasteiger charge is 2.61. The fourth-order valence-electron chi connectivity index (χ4n) is 6.74. The Morgan fingerprint density at radius 2 is 1.42 bits per heavy atom. The SMILES string of the molecule is COc1ccc2c(c1)[C@@](C)(c1ccccc1)[C@@](/C=N/S(=O)(=O)c1ccc(C)cc1)(c1cccc(C(F)(F)F)c1)N2Cc1ccc(C)cc1. The van der Waals surface area contributed by atoms with Crippen LogP contribution in [0.2, 0.25) is 0 Å². The molecule has 48 heavy (non-hydrogen) atoms. The van der Waals surface area contributed by atoms with Gasteiger partial charge in [-0.25, -0.2) is 0 Å². The number of halogens is 3. The van der Waals surface area contributed by atoms with E-state index >= 15 is 0 Å². The number of nitrogens with zero attached hydrogens (tertiary/aromatic N) is 2. The summed E-state index contributed by atoms with van der Waals surface area (Å²) in [6.07, 6.45) is -3.31. The average molecular weight is 669 g/mol. The van der Waals surface area contributed by atoms with Crippen molar-refractivity contribution in [1.29, 1.82) is 0 Å². The molecular weight excluding hydrogens is 634 g/mol. The van der Waals surface area contributed by atoms with Gasteiger partial charge in [0.05, 0.1) is 23.0 Å². The second kappa shape index (κ2) is 12.3. The maximum atomic E-state index is 14.4. The summed E-state index contributed by atoms with van der Waals surface area (Å²) >= 11 is 0. The molecule has 0 saturated heterocycles. The van der Waals surface area contributed by atoms with Gasteiger partial charge in [0.1, 0.15) is 11.3 Å². The summed E-state index contributed by atoms with van der Waals surface area (Å²) in [4.78, 5) is 1.95. The lowest BCUT2D eigenvalue weighted by atomic mass is 9.62. The molecule has 0 radical (unpaired) electrons. The van der Waals surface area contributed by atoms with Gasteiger partial charge in [-0.1, -0.05) is 90.0 Å². The zero-order valence-electron chi connectivity index (χ0n) is 27.0. The molecule has 1 heterocycles. The number of anilines is 1. The van der Waals surface area contributed by atoms with Crippen LogP contribution in [0.25, 0.3) is 0 Å². The molecule has 2 atom stereocenters. The Bertz CT molecular complexity index is 2080. The number of sulfonamides is 1. The van der Waals surface area contributed by atoms with Gasteiger partial charge in [-0.15, -0.1) is 0 Å². The van der Waals surface area contributed by atoms with Crippen molar-refractivity contribution >= 4 is 21.9 Å². The molecular formula is C39H35F3N2O3S. The van der Waals surface area contributed by atoms with Gasteiger partial charge >= 0.3 is 6.18 Å². The molecule has 5 nitrogen and oxygen atoms in total. The Labute approximate surface area is 279 Å². The summed E-state index contributed by atoms with van der Waals surface area (Å²) in [5.74, 6) is 0.551. The van der Waals surface area contributed by atoms with E-state index in [0.29, 0.717) is 11.4 Å². The van der Waals surface area contributed by atoms with Crippen LogP contribution < -0.4 is 9.64 Å². The second-order valence-corrected chi connectivity index (χ2v) is 13.9. The van der Waals surface area contributed by atoms with Gasteiger partial charge in [0.15, 0.2) is 0 Å². The smallest absolute Gasteiger partial charge is 0.416 e. The molecule has 0 saturated carbocycles. The number of benzene rings is 5. The normalized spacial score (nSPS) is 19.4. The zero-order chi connectivity index (χ0) is 34.3. The summed E-state index contributed by atoms with van der Waals surface area (Å²) in [5, 5.41) is 0. The molecule has 5 aromatic rings. The Morgan fingerprint density at radius 1 is 0.792 bits per heavy atom. The molecule has 0 spiro atoms. The minimum atomic E-state index is -4.65. The summed E-state index contributed by atoms with van der Waals surface area (Å²) in [6, 6.07) is 34.3. The molecule has 0 aromatic heterocycles. The van der Waals surface area contributed by atoms with E-state index in [-0.39, 0.29) is 17.0 Å². The van der Waals surface area contributed by atoms with Crippen molar-refractivity contribution in [2.75, 3.05) is 12.0 Å². The Kier molecular flexibility index (Phi) is 8.45. The van der Waals surface area contributed by atoms with Crippen molar-refractivity contribution in [2.24, 2.45) is 4.40 Å². The molecule has 246 valence electrons. The Balaban J connectivity index is 1.74. The number of rotatable bonds is 8. The number of methoxy groups -OCH3 is 1. The Hall–Kier alpha value is -4.89. The van der Waals surface area contributed by atoms with Crippen molar-refractivity contribution in [3.8, 4) is 5.75 Å². The van der Waals surface area contributed by atoms with Crippen LogP contribution in [0.5, 0.6) is 5.75 Å². The first kappa shape index (κ1) is 33.0. The lowest BCUT2D eigenvalue weighted by Gasteiger charge is -2.48. The topological polar surface area (TPSA) is 59.0 Å².